The highest BCUT2D eigenvalue weighted by atomic mass is 35.5. The lowest BCUT2D eigenvalue weighted by Gasteiger charge is -2.04. The first-order valence-corrected chi connectivity index (χ1v) is 4.70. The summed E-state index contributed by atoms with van der Waals surface area (Å²) in [6.07, 6.45) is 0.509. The summed E-state index contributed by atoms with van der Waals surface area (Å²) >= 11 is 5.67. The zero-order valence-electron chi connectivity index (χ0n) is 7.85. The second-order valence-electron chi connectivity index (χ2n) is 2.80. The number of rotatable bonds is 5. The van der Waals surface area contributed by atoms with E-state index in [4.69, 9.17) is 21.4 Å². The summed E-state index contributed by atoms with van der Waals surface area (Å²) in [6, 6.07) is 4.15. The molecule has 0 radical (unpaired) electrons. The summed E-state index contributed by atoms with van der Waals surface area (Å²) in [7, 11) is 0. The van der Waals surface area contributed by atoms with Crippen LogP contribution in [0.5, 0.6) is 5.75 Å². The molecule has 0 aliphatic heterocycles. The fraction of sp³-hybridized carbons (Fsp3) is 0.333. The minimum atomic E-state index is -0.556. The van der Waals surface area contributed by atoms with Crippen molar-refractivity contribution < 1.29 is 14.8 Å². The molecule has 0 saturated carbocycles. The van der Waals surface area contributed by atoms with Crippen molar-refractivity contribution in [2.75, 3.05) is 13.2 Å². The molecule has 1 rings (SSSR count). The Morgan fingerprint density at radius 3 is 2.80 bits per heavy atom. The Kier molecular flexibility index (Phi) is 4.33. The standard InChI is InChI=1S/C9H10ClNO4/c10-8-6-7(15-5-1-4-12)2-3-9(8)11(13)14/h2-3,6,12H,1,4-5H2. The summed E-state index contributed by atoms with van der Waals surface area (Å²) in [6.45, 7) is 0.394. The number of aliphatic hydroxyl groups excluding tert-OH is 1. The minimum Gasteiger partial charge on any atom is -0.493 e. The van der Waals surface area contributed by atoms with Crippen LogP contribution in [-0.2, 0) is 0 Å². The van der Waals surface area contributed by atoms with Crippen LogP contribution in [0, 0.1) is 10.1 Å². The number of nitrogens with zero attached hydrogens (tertiary/aromatic N) is 1. The van der Waals surface area contributed by atoms with Crippen LogP contribution in [0.2, 0.25) is 5.02 Å². The fourth-order valence-corrected chi connectivity index (χ4v) is 1.22. The van der Waals surface area contributed by atoms with Gasteiger partial charge >= 0.3 is 0 Å². The lowest BCUT2D eigenvalue weighted by Crippen LogP contribution is -1.99. The van der Waals surface area contributed by atoms with Gasteiger partial charge in [0.2, 0.25) is 0 Å². The molecule has 1 aromatic rings. The van der Waals surface area contributed by atoms with Gasteiger partial charge in [0.25, 0.3) is 5.69 Å². The van der Waals surface area contributed by atoms with E-state index < -0.39 is 4.92 Å². The summed E-state index contributed by atoms with van der Waals surface area (Å²) < 4.78 is 5.19. The molecule has 5 nitrogen and oxygen atoms in total. The average molecular weight is 232 g/mol. The number of nitro benzene ring substituents is 1. The molecule has 1 aromatic carbocycles. The smallest absolute Gasteiger partial charge is 0.288 e. The molecule has 0 amide bonds. The van der Waals surface area contributed by atoms with Gasteiger partial charge in [-0.2, -0.15) is 0 Å². The van der Waals surface area contributed by atoms with E-state index >= 15 is 0 Å². The predicted molar refractivity (Wildman–Crippen MR) is 55.3 cm³/mol. The van der Waals surface area contributed by atoms with Crippen molar-refractivity contribution in [2.45, 2.75) is 6.42 Å². The molecule has 0 fully saturated rings. The monoisotopic (exact) mass is 231 g/mol. The Morgan fingerprint density at radius 2 is 2.27 bits per heavy atom. The summed E-state index contributed by atoms with van der Waals surface area (Å²) in [5.41, 5.74) is -0.147. The van der Waals surface area contributed by atoms with Crippen molar-refractivity contribution in [2.24, 2.45) is 0 Å². The van der Waals surface area contributed by atoms with Gasteiger partial charge in [-0.1, -0.05) is 11.6 Å². The number of benzene rings is 1. The molecule has 0 aliphatic rings. The zero-order valence-corrected chi connectivity index (χ0v) is 8.61. The van der Waals surface area contributed by atoms with E-state index in [1.165, 1.54) is 18.2 Å². The number of aliphatic hydroxyl groups is 1. The highest BCUT2D eigenvalue weighted by Gasteiger charge is 2.12. The SMILES string of the molecule is O=[N+]([O-])c1ccc(OCCCO)cc1Cl. The van der Waals surface area contributed by atoms with Crippen molar-refractivity contribution in [3.05, 3.63) is 33.3 Å². The molecular formula is C9H10ClNO4. The van der Waals surface area contributed by atoms with Crippen LogP contribution in [0.25, 0.3) is 0 Å². The van der Waals surface area contributed by atoms with Gasteiger partial charge in [-0.3, -0.25) is 10.1 Å². The quantitative estimate of drug-likeness (QED) is 0.478. The Bertz CT molecular complexity index is 356. The zero-order chi connectivity index (χ0) is 11.3. The normalized spacial score (nSPS) is 10.0. The lowest BCUT2D eigenvalue weighted by atomic mass is 10.3. The third kappa shape index (κ3) is 3.38. The van der Waals surface area contributed by atoms with E-state index in [9.17, 15) is 10.1 Å². The van der Waals surface area contributed by atoms with Gasteiger partial charge in [0, 0.05) is 25.2 Å². The lowest BCUT2D eigenvalue weighted by molar-refractivity contribution is -0.384. The second-order valence-corrected chi connectivity index (χ2v) is 3.20. The first-order valence-electron chi connectivity index (χ1n) is 4.32. The van der Waals surface area contributed by atoms with E-state index in [1.54, 1.807) is 0 Å². The fourth-order valence-electron chi connectivity index (χ4n) is 0.980. The van der Waals surface area contributed by atoms with Crippen LogP contribution >= 0.6 is 11.6 Å². The molecular weight excluding hydrogens is 222 g/mol. The van der Waals surface area contributed by atoms with Crippen LogP contribution in [-0.4, -0.2) is 23.2 Å². The van der Waals surface area contributed by atoms with Crippen LogP contribution < -0.4 is 4.74 Å². The van der Waals surface area contributed by atoms with Gasteiger partial charge in [0.15, 0.2) is 0 Å². The molecule has 0 bridgehead atoms. The largest absolute Gasteiger partial charge is 0.493 e. The summed E-state index contributed by atoms with van der Waals surface area (Å²) in [4.78, 5) is 9.88. The van der Waals surface area contributed by atoms with Gasteiger partial charge in [-0.15, -0.1) is 0 Å². The van der Waals surface area contributed by atoms with Crippen LogP contribution in [0.3, 0.4) is 0 Å². The van der Waals surface area contributed by atoms with Crippen LogP contribution in [0.1, 0.15) is 6.42 Å². The number of hydrogen-bond donors (Lipinski definition) is 1. The van der Waals surface area contributed by atoms with Crippen LogP contribution in [0.15, 0.2) is 18.2 Å². The second kappa shape index (κ2) is 5.53. The molecule has 0 heterocycles. The van der Waals surface area contributed by atoms with Gasteiger partial charge < -0.3 is 9.84 Å². The third-order valence-electron chi connectivity index (χ3n) is 1.69. The molecule has 0 unspecified atom stereocenters. The number of nitro groups is 1. The van der Waals surface area contributed by atoms with E-state index in [0.717, 1.165) is 0 Å². The Labute approximate surface area is 91.4 Å². The third-order valence-corrected chi connectivity index (χ3v) is 1.99. The number of ether oxygens (including phenoxy) is 1. The molecule has 6 heteroatoms. The van der Waals surface area contributed by atoms with Crippen molar-refractivity contribution in [1.29, 1.82) is 0 Å². The van der Waals surface area contributed by atoms with Gasteiger partial charge in [0.05, 0.1) is 11.5 Å². The summed E-state index contributed by atoms with van der Waals surface area (Å²) in [5, 5.41) is 19.0. The molecule has 82 valence electrons. The van der Waals surface area contributed by atoms with Gasteiger partial charge in [-0.25, -0.2) is 0 Å². The van der Waals surface area contributed by atoms with E-state index in [1.807, 2.05) is 0 Å². The Morgan fingerprint density at radius 1 is 1.53 bits per heavy atom. The van der Waals surface area contributed by atoms with Crippen molar-refractivity contribution in [1.82, 2.24) is 0 Å². The van der Waals surface area contributed by atoms with E-state index in [-0.39, 0.29) is 17.3 Å². The molecule has 0 spiro atoms. The Balaban J connectivity index is 2.69. The maximum Gasteiger partial charge on any atom is 0.288 e. The molecule has 0 atom stereocenters. The minimum absolute atomic E-state index is 0.0424. The van der Waals surface area contributed by atoms with Gasteiger partial charge in [-0.05, 0) is 6.07 Å². The molecule has 15 heavy (non-hydrogen) atoms. The molecule has 1 N–H and O–H groups in total. The molecule has 0 saturated heterocycles. The van der Waals surface area contributed by atoms with Crippen molar-refractivity contribution in [3.8, 4) is 5.75 Å². The van der Waals surface area contributed by atoms with Gasteiger partial charge in [0.1, 0.15) is 10.8 Å². The number of hydrogen-bond acceptors (Lipinski definition) is 4. The average Bonchev–Trinajstić information content (AvgIpc) is 2.17. The Hall–Kier alpha value is -1.33. The topological polar surface area (TPSA) is 72.6 Å². The molecule has 0 aliphatic carbocycles. The predicted octanol–water partition coefficient (Wildman–Crippen LogP) is 2.01. The molecule has 0 aromatic heterocycles. The maximum absolute atomic E-state index is 10.4. The highest BCUT2D eigenvalue weighted by molar-refractivity contribution is 6.32. The number of halogens is 1. The van der Waals surface area contributed by atoms with Crippen LogP contribution in [0.4, 0.5) is 5.69 Å². The maximum atomic E-state index is 10.4. The first-order chi connectivity index (χ1) is 7.15. The summed E-state index contributed by atoms with van der Waals surface area (Å²) in [5.74, 6) is 0.457. The van der Waals surface area contributed by atoms with E-state index in [2.05, 4.69) is 0 Å². The van der Waals surface area contributed by atoms with Crippen molar-refractivity contribution in [3.63, 3.8) is 0 Å². The van der Waals surface area contributed by atoms with Crippen molar-refractivity contribution >= 4 is 17.3 Å². The van der Waals surface area contributed by atoms with E-state index in [0.29, 0.717) is 18.8 Å². The highest BCUT2D eigenvalue weighted by Crippen LogP contribution is 2.28. The first kappa shape index (κ1) is 11.7.